The fourth-order valence-electron chi connectivity index (χ4n) is 2.53. The highest BCUT2D eigenvalue weighted by Crippen LogP contribution is 2.26. The lowest BCUT2D eigenvalue weighted by Crippen LogP contribution is -2.48. The Morgan fingerprint density at radius 1 is 1.17 bits per heavy atom. The molecule has 0 unspecified atom stereocenters. The molecule has 1 heterocycles. The molecule has 158 valence electrons. The minimum absolute atomic E-state index is 0.0738. The molecule has 0 saturated carbocycles. The number of methoxy groups -OCH3 is 1. The lowest BCUT2D eigenvalue weighted by molar-refractivity contribution is -0.117. The van der Waals surface area contributed by atoms with E-state index in [-0.39, 0.29) is 11.7 Å². The minimum atomic E-state index is -0.505. The van der Waals surface area contributed by atoms with Crippen LogP contribution in [0, 0.1) is 0 Å². The number of hydrogen-bond acceptors (Lipinski definition) is 6. The molecule has 9 heteroatoms. The summed E-state index contributed by atoms with van der Waals surface area (Å²) < 4.78 is 7.22. The summed E-state index contributed by atoms with van der Waals surface area (Å²) in [7, 11) is 1.63. The second kappa shape index (κ2) is 10.3. The highest BCUT2D eigenvalue weighted by molar-refractivity contribution is 7.99. The lowest BCUT2D eigenvalue weighted by Gasteiger charge is -2.20. The summed E-state index contributed by atoms with van der Waals surface area (Å²) in [5, 5.41) is 14.3. The molecule has 0 aliphatic carbocycles. The Morgan fingerprint density at radius 3 is 2.45 bits per heavy atom. The number of carbonyl (C=O) groups excluding carboxylic acids is 2. The highest BCUT2D eigenvalue weighted by Gasteiger charge is 2.18. The average Bonchev–Trinajstić information content (AvgIpc) is 3.05. The van der Waals surface area contributed by atoms with Crippen molar-refractivity contribution in [2.45, 2.75) is 57.8 Å². The normalized spacial score (nSPS) is 11.2. The number of nitrogens with one attached hydrogen (secondary N) is 2. The van der Waals surface area contributed by atoms with E-state index in [9.17, 15) is 9.59 Å². The van der Waals surface area contributed by atoms with Gasteiger partial charge in [0.15, 0.2) is 11.0 Å². The second-order valence-electron chi connectivity index (χ2n) is 7.58. The zero-order valence-corrected chi connectivity index (χ0v) is 18.4. The fourth-order valence-corrected chi connectivity index (χ4v) is 3.30. The first kappa shape index (κ1) is 22.7. The second-order valence-corrected chi connectivity index (χ2v) is 8.52. The summed E-state index contributed by atoms with van der Waals surface area (Å²) in [4.78, 5) is 24.0. The lowest BCUT2D eigenvalue weighted by atomic mass is 10.1. The topological polar surface area (TPSA) is 98.1 Å². The number of imide groups is 1. The Morgan fingerprint density at radius 2 is 1.86 bits per heavy atom. The van der Waals surface area contributed by atoms with Gasteiger partial charge in [0, 0.05) is 17.6 Å². The summed E-state index contributed by atoms with van der Waals surface area (Å²) in [6.45, 7) is 8.42. The first-order valence-electron chi connectivity index (χ1n) is 9.56. The Balaban J connectivity index is 2.08. The summed E-state index contributed by atoms with van der Waals surface area (Å²) in [6, 6.07) is 7.12. The smallest absolute Gasteiger partial charge is 0.321 e. The van der Waals surface area contributed by atoms with Gasteiger partial charge in [-0.1, -0.05) is 25.1 Å². The molecule has 2 N–H and O–H groups in total. The van der Waals surface area contributed by atoms with Crippen LogP contribution in [0.2, 0.25) is 0 Å². The van der Waals surface area contributed by atoms with Gasteiger partial charge in [0.05, 0.1) is 12.9 Å². The molecule has 8 nitrogen and oxygen atoms in total. The Bertz CT molecular complexity index is 828. The number of rotatable bonds is 8. The van der Waals surface area contributed by atoms with Gasteiger partial charge >= 0.3 is 6.03 Å². The number of ether oxygens (including phenoxy) is 1. The van der Waals surface area contributed by atoms with Crippen molar-refractivity contribution in [1.29, 1.82) is 0 Å². The molecule has 2 rings (SSSR count). The van der Waals surface area contributed by atoms with Crippen molar-refractivity contribution in [1.82, 2.24) is 25.4 Å². The van der Waals surface area contributed by atoms with Crippen LogP contribution in [0.4, 0.5) is 4.79 Å². The van der Waals surface area contributed by atoms with Crippen LogP contribution in [0.15, 0.2) is 29.4 Å². The number of carbonyl (C=O) groups is 2. The zero-order valence-electron chi connectivity index (χ0n) is 17.6. The van der Waals surface area contributed by atoms with E-state index < -0.39 is 11.6 Å². The molecule has 2 aromatic rings. The third-order valence-electron chi connectivity index (χ3n) is 3.87. The summed E-state index contributed by atoms with van der Waals surface area (Å²) in [5.74, 6) is 1.21. The van der Waals surface area contributed by atoms with Crippen LogP contribution in [0.3, 0.4) is 0 Å². The van der Waals surface area contributed by atoms with E-state index in [0.717, 1.165) is 36.5 Å². The number of thioether (sulfide) groups is 1. The Hall–Kier alpha value is -2.55. The quantitative estimate of drug-likeness (QED) is 0.636. The summed E-state index contributed by atoms with van der Waals surface area (Å²) in [5.41, 5.74) is 0.515. The highest BCUT2D eigenvalue weighted by atomic mass is 32.2. The predicted molar refractivity (Wildman–Crippen MR) is 114 cm³/mol. The Kier molecular flexibility index (Phi) is 8.07. The van der Waals surface area contributed by atoms with E-state index in [0.29, 0.717) is 5.16 Å². The van der Waals surface area contributed by atoms with E-state index in [2.05, 4.69) is 27.8 Å². The van der Waals surface area contributed by atoms with Gasteiger partial charge in [0.2, 0.25) is 5.91 Å². The standard InChI is InChI=1S/C20H29N5O3S/c1-6-7-12-25-17(14-8-10-15(28-5)11-9-14)23-24-19(25)29-13-16(26)21-18(27)22-20(2,3)4/h8-11H,6-7,12-13H2,1-5H3,(H2,21,22,26,27). The van der Waals surface area contributed by atoms with Crippen molar-refractivity contribution < 1.29 is 14.3 Å². The molecule has 1 aromatic heterocycles. The van der Waals surface area contributed by atoms with E-state index in [1.165, 1.54) is 11.8 Å². The molecule has 3 amide bonds. The number of nitrogens with zero attached hydrogens (tertiary/aromatic N) is 3. The Labute approximate surface area is 175 Å². The van der Waals surface area contributed by atoms with Gasteiger partial charge in [0.25, 0.3) is 0 Å². The maximum Gasteiger partial charge on any atom is 0.321 e. The van der Waals surface area contributed by atoms with Crippen molar-refractivity contribution in [2.75, 3.05) is 12.9 Å². The molecule has 0 aliphatic heterocycles. The van der Waals surface area contributed by atoms with Crippen LogP contribution in [-0.4, -0.2) is 45.1 Å². The summed E-state index contributed by atoms with van der Waals surface area (Å²) in [6.07, 6.45) is 1.99. The molecule has 0 spiro atoms. The number of benzene rings is 1. The molecule has 0 saturated heterocycles. The zero-order chi connectivity index (χ0) is 21.4. The number of hydrogen-bond donors (Lipinski definition) is 2. The molecular formula is C20H29N5O3S. The van der Waals surface area contributed by atoms with Crippen LogP contribution in [0.25, 0.3) is 11.4 Å². The third-order valence-corrected chi connectivity index (χ3v) is 4.84. The van der Waals surface area contributed by atoms with Crippen LogP contribution in [0.1, 0.15) is 40.5 Å². The first-order chi connectivity index (χ1) is 13.7. The number of unbranched alkanes of at least 4 members (excludes halogenated alkanes) is 1. The van der Waals surface area contributed by atoms with E-state index in [1.807, 2.05) is 49.6 Å². The monoisotopic (exact) mass is 419 g/mol. The molecule has 0 fully saturated rings. The van der Waals surface area contributed by atoms with Gasteiger partial charge in [-0.25, -0.2) is 4.79 Å². The maximum atomic E-state index is 12.1. The summed E-state index contributed by atoms with van der Waals surface area (Å²) >= 11 is 1.26. The van der Waals surface area contributed by atoms with Crippen LogP contribution in [-0.2, 0) is 11.3 Å². The third kappa shape index (κ3) is 7.08. The predicted octanol–water partition coefficient (Wildman–Crippen LogP) is 3.47. The number of urea groups is 1. The van der Waals surface area contributed by atoms with Gasteiger partial charge in [0.1, 0.15) is 5.75 Å². The minimum Gasteiger partial charge on any atom is -0.497 e. The van der Waals surface area contributed by atoms with E-state index in [1.54, 1.807) is 7.11 Å². The van der Waals surface area contributed by atoms with Gasteiger partial charge in [-0.15, -0.1) is 10.2 Å². The van der Waals surface area contributed by atoms with Gasteiger partial charge in [-0.2, -0.15) is 0 Å². The molecular weight excluding hydrogens is 390 g/mol. The molecule has 0 aliphatic rings. The average molecular weight is 420 g/mol. The van der Waals surface area contributed by atoms with Gasteiger partial charge in [-0.05, 0) is 51.5 Å². The fraction of sp³-hybridized carbons (Fsp3) is 0.500. The molecule has 0 radical (unpaired) electrons. The van der Waals surface area contributed by atoms with Crippen molar-refractivity contribution in [3.05, 3.63) is 24.3 Å². The van der Waals surface area contributed by atoms with E-state index in [4.69, 9.17) is 4.74 Å². The van der Waals surface area contributed by atoms with Crippen LogP contribution in [0.5, 0.6) is 5.75 Å². The number of aromatic nitrogens is 3. The first-order valence-corrected chi connectivity index (χ1v) is 10.5. The van der Waals surface area contributed by atoms with Crippen molar-refractivity contribution in [3.8, 4) is 17.1 Å². The SMILES string of the molecule is CCCCn1c(SCC(=O)NC(=O)NC(C)(C)C)nnc1-c1ccc(OC)cc1. The molecule has 0 bridgehead atoms. The molecule has 1 aromatic carbocycles. The van der Waals surface area contributed by atoms with Crippen LogP contribution < -0.4 is 15.4 Å². The molecule has 0 atom stereocenters. The van der Waals surface area contributed by atoms with Crippen LogP contribution >= 0.6 is 11.8 Å². The number of amides is 3. The van der Waals surface area contributed by atoms with Gasteiger partial charge < -0.3 is 14.6 Å². The maximum absolute atomic E-state index is 12.1. The van der Waals surface area contributed by atoms with Crippen molar-refractivity contribution in [2.24, 2.45) is 0 Å². The molecule has 29 heavy (non-hydrogen) atoms. The van der Waals surface area contributed by atoms with Gasteiger partial charge in [-0.3, -0.25) is 10.1 Å². The van der Waals surface area contributed by atoms with Crippen molar-refractivity contribution in [3.63, 3.8) is 0 Å². The van der Waals surface area contributed by atoms with E-state index >= 15 is 0 Å². The largest absolute Gasteiger partial charge is 0.497 e. The van der Waals surface area contributed by atoms with Crippen molar-refractivity contribution >= 4 is 23.7 Å².